The fourth-order valence-corrected chi connectivity index (χ4v) is 1.99. The second-order valence-electron chi connectivity index (χ2n) is 5.05. The van der Waals surface area contributed by atoms with E-state index < -0.39 is 0 Å². The molecule has 0 aliphatic heterocycles. The normalized spacial score (nSPS) is 17.2. The monoisotopic (exact) mass is 258 g/mol. The van der Waals surface area contributed by atoms with E-state index in [1.165, 1.54) is 0 Å². The molecule has 1 amide bonds. The summed E-state index contributed by atoms with van der Waals surface area (Å²) in [6.45, 7) is 2.70. The molecule has 1 saturated carbocycles. The van der Waals surface area contributed by atoms with Crippen molar-refractivity contribution in [2.24, 2.45) is 5.73 Å². The van der Waals surface area contributed by atoms with Gasteiger partial charge < -0.3 is 20.5 Å². The molecule has 0 aromatic heterocycles. The maximum Gasteiger partial charge on any atom is 0.221 e. The zero-order valence-electron chi connectivity index (χ0n) is 11.4. The van der Waals surface area contributed by atoms with Gasteiger partial charge in [0.2, 0.25) is 5.91 Å². The average molecular weight is 258 g/mol. The maximum atomic E-state index is 11.6. The Labute approximate surface area is 109 Å². The second-order valence-corrected chi connectivity index (χ2v) is 5.05. The molecule has 0 spiro atoms. The van der Waals surface area contributed by atoms with Crippen LogP contribution in [0.15, 0.2) is 0 Å². The highest BCUT2D eigenvalue weighted by Crippen LogP contribution is 2.31. The highest BCUT2D eigenvalue weighted by molar-refractivity contribution is 5.77. The number of nitrogens with one attached hydrogen (secondary N) is 1. The summed E-state index contributed by atoms with van der Waals surface area (Å²) in [4.78, 5) is 11.6. The van der Waals surface area contributed by atoms with E-state index in [1.807, 2.05) is 0 Å². The number of nitrogens with two attached hydrogens (primary N) is 1. The van der Waals surface area contributed by atoms with Crippen molar-refractivity contribution in [1.29, 1.82) is 0 Å². The molecule has 106 valence electrons. The Kier molecular flexibility index (Phi) is 7.23. The maximum absolute atomic E-state index is 11.6. The lowest BCUT2D eigenvalue weighted by Gasteiger charge is -2.37. The van der Waals surface area contributed by atoms with Gasteiger partial charge in [-0.25, -0.2) is 0 Å². The molecule has 18 heavy (non-hydrogen) atoms. The molecular weight excluding hydrogens is 232 g/mol. The van der Waals surface area contributed by atoms with E-state index in [0.717, 1.165) is 38.7 Å². The van der Waals surface area contributed by atoms with Crippen LogP contribution in [-0.4, -0.2) is 44.9 Å². The first-order valence-electron chi connectivity index (χ1n) is 6.78. The molecule has 0 atom stereocenters. The molecule has 1 fully saturated rings. The number of rotatable bonds is 10. The van der Waals surface area contributed by atoms with Crippen molar-refractivity contribution in [3.05, 3.63) is 0 Å². The summed E-state index contributed by atoms with van der Waals surface area (Å²) in [6, 6.07) is 0. The lowest BCUT2D eigenvalue weighted by molar-refractivity contribution is -0.123. The Bertz CT molecular complexity index is 242. The van der Waals surface area contributed by atoms with Gasteiger partial charge in [0.15, 0.2) is 0 Å². The number of amides is 1. The van der Waals surface area contributed by atoms with Crippen LogP contribution in [-0.2, 0) is 14.3 Å². The third-order valence-electron chi connectivity index (χ3n) is 3.33. The van der Waals surface area contributed by atoms with Gasteiger partial charge in [0.25, 0.3) is 0 Å². The molecule has 0 saturated heterocycles. The molecule has 0 bridgehead atoms. The quantitative estimate of drug-likeness (QED) is 0.569. The van der Waals surface area contributed by atoms with Crippen molar-refractivity contribution in [2.45, 2.75) is 44.1 Å². The minimum atomic E-state index is -0.215. The van der Waals surface area contributed by atoms with Crippen molar-refractivity contribution in [1.82, 2.24) is 5.32 Å². The van der Waals surface area contributed by atoms with E-state index >= 15 is 0 Å². The van der Waals surface area contributed by atoms with Crippen LogP contribution in [0.1, 0.15) is 38.5 Å². The van der Waals surface area contributed by atoms with Crippen LogP contribution in [0.2, 0.25) is 0 Å². The minimum absolute atomic E-state index is 0.0810. The molecule has 1 rings (SSSR count). The van der Waals surface area contributed by atoms with Crippen molar-refractivity contribution in [2.75, 3.05) is 33.5 Å². The van der Waals surface area contributed by atoms with Crippen molar-refractivity contribution in [3.8, 4) is 0 Å². The van der Waals surface area contributed by atoms with E-state index in [-0.39, 0.29) is 11.4 Å². The lowest BCUT2D eigenvalue weighted by Crippen LogP contribution is -2.50. The second kappa shape index (κ2) is 8.45. The number of ether oxygens (including phenoxy) is 2. The molecule has 0 aromatic rings. The van der Waals surface area contributed by atoms with E-state index in [0.29, 0.717) is 26.2 Å². The Hall–Kier alpha value is -0.650. The molecule has 0 aromatic carbocycles. The SMILES string of the molecule is COCCOCCCCNC(=O)CC1(N)CCC1. The number of carbonyl (C=O) groups excluding carboxylic acids is 1. The summed E-state index contributed by atoms with van der Waals surface area (Å²) in [6.07, 6.45) is 5.48. The van der Waals surface area contributed by atoms with Crippen LogP contribution in [0, 0.1) is 0 Å². The van der Waals surface area contributed by atoms with Gasteiger partial charge in [-0.1, -0.05) is 0 Å². The Balaban J connectivity index is 1.86. The summed E-state index contributed by atoms with van der Waals surface area (Å²) in [5, 5.41) is 2.91. The van der Waals surface area contributed by atoms with E-state index in [1.54, 1.807) is 7.11 Å². The van der Waals surface area contributed by atoms with Crippen molar-refractivity contribution < 1.29 is 14.3 Å². The third-order valence-corrected chi connectivity index (χ3v) is 3.33. The molecule has 3 N–H and O–H groups in total. The van der Waals surface area contributed by atoms with Gasteiger partial charge in [0.05, 0.1) is 13.2 Å². The molecule has 1 aliphatic rings. The first-order chi connectivity index (χ1) is 8.66. The van der Waals surface area contributed by atoms with Gasteiger partial charge in [-0.05, 0) is 32.1 Å². The number of methoxy groups -OCH3 is 1. The van der Waals surface area contributed by atoms with Gasteiger partial charge in [0, 0.05) is 32.2 Å². The number of hydrogen-bond donors (Lipinski definition) is 2. The fraction of sp³-hybridized carbons (Fsp3) is 0.923. The third kappa shape index (κ3) is 6.33. The molecular formula is C13H26N2O3. The Morgan fingerprint density at radius 2 is 2.06 bits per heavy atom. The van der Waals surface area contributed by atoms with Gasteiger partial charge in [-0.15, -0.1) is 0 Å². The first kappa shape index (κ1) is 15.4. The summed E-state index contributed by atoms with van der Waals surface area (Å²) in [7, 11) is 1.66. The Morgan fingerprint density at radius 1 is 1.28 bits per heavy atom. The molecule has 5 nitrogen and oxygen atoms in total. The summed E-state index contributed by atoms with van der Waals surface area (Å²) in [5.74, 6) is 0.0810. The number of unbranched alkanes of at least 4 members (excludes halogenated alkanes) is 1. The van der Waals surface area contributed by atoms with Gasteiger partial charge in [0.1, 0.15) is 0 Å². The summed E-state index contributed by atoms with van der Waals surface area (Å²) in [5.41, 5.74) is 5.79. The topological polar surface area (TPSA) is 73.6 Å². The fourth-order valence-electron chi connectivity index (χ4n) is 1.99. The molecule has 1 aliphatic carbocycles. The molecule has 0 unspecified atom stereocenters. The zero-order chi connectivity index (χ0) is 13.3. The molecule has 5 heteroatoms. The van der Waals surface area contributed by atoms with E-state index in [9.17, 15) is 4.79 Å². The minimum Gasteiger partial charge on any atom is -0.382 e. The smallest absolute Gasteiger partial charge is 0.221 e. The zero-order valence-corrected chi connectivity index (χ0v) is 11.4. The largest absolute Gasteiger partial charge is 0.382 e. The van der Waals surface area contributed by atoms with E-state index in [4.69, 9.17) is 15.2 Å². The van der Waals surface area contributed by atoms with Crippen LogP contribution in [0.5, 0.6) is 0 Å². The van der Waals surface area contributed by atoms with E-state index in [2.05, 4.69) is 5.32 Å². The predicted octanol–water partition coefficient (Wildman–Crippen LogP) is 0.817. The average Bonchev–Trinajstić information content (AvgIpc) is 2.30. The summed E-state index contributed by atoms with van der Waals surface area (Å²) < 4.78 is 10.2. The number of hydrogen-bond acceptors (Lipinski definition) is 4. The van der Waals surface area contributed by atoms with Crippen LogP contribution < -0.4 is 11.1 Å². The van der Waals surface area contributed by atoms with Crippen LogP contribution in [0.25, 0.3) is 0 Å². The number of carbonyl (C=O) groups is 1. The van der Waals surface area contributed by atoms with Crippen LogP contribution >= 0.6 is 0 Å². The van der Waals surface area contributed by atoms with Crippen molar-refractivity contribution in [3.63, 3.8) is 0 Å². The van der Waals surface area contributed by atoms with Gasteiger partial charge in [-0.3, -0.25) is 4.79 Å². The highest BCUT2D eigenvalue weighted by Gasteiger charge is 2.34. The van der Waals surface area contributed by atoms with Gasteiger partial charge in [-0.2, -0.15) is 0 Å². The highest BCUT2D eigenvalue weighted by atomic mass is 16.5. The van der Waals surface area contributed by atoms with Gasteiger partial charge >= 0.3 is 0 Å². The first-order valence-corrected chi connectivity index (χ1v) is 6.78. The summed E-state index contributed by atoms with van der Waals surface area (Å²) >= 11 is 0. The standard InChI is InChI=1S/C13H26N2O3/c1-17-9-10-18-8-3-2-7-15-12(16)11-13(14)5-4-6-13/h2-11,14H2,1H3,(H,15,16). The van der Waals surface area contributed by atoms with Crippen molar-refractivity contribution >= 4 is 5.91 Å². The Morgan fingerprint density at radius 3 is 2.67 bits per heavy atom. The lowest BCUT2D eigenvalue weighted by atomic mass is 9.75. The molecule has 0 heterocycles. The van der Waals surface area contributed by atoms with Crippen LogP contribution in [0.4, 0.5) is 0 Å². The van der Waals surface area contributed by atoms with Crippen LogP contribution in [0.3, 0.4) is 0 Å². The predicted molar refractivity (Wildman–Crippen MR) is 70.3 cm³/mol. The molecule has 0 radical (unpaired) electrons.